The lowest BCUT2D eigenvalue weighted by molar-refractivity contribution is -0.154. The molecule has 0 aliphatic carbocycles. The van der Waals surface area contributed by atoms with Crippen LogP contribution in [0.2, 0.25) is 0 Å². The van der Waals surface area contributed by atoms with Gasteiger partial charge in [0.25, 0.3) is 0 Å². The standard InChI is InChI=1S/C32H65NO2/c1-12-21-27(13-2)22-32(24-30(15-4,16-5)17-6,25-31(18-7,19-8)20-9)23-28(14-3)29(34)35-26-33(10)11/h27-28H,12-26H2,1-11H3. The van der Waals surface area contributed by atoms with E-state index in [1.807, 2.05) is 19.0 Å². The fourth-order valence-electron chi connectivity index (χ4n) is 6.97. The highest BCUT2D eigenvalue weighted by molar-refractivity contribution is 5.72. The zero-order valence-electron chi connectivity index (χ0n) is 26.0. The number of ether oxygens (including phenoxy) is 1. The largest absolute Gasteiger partial charge is 0.449 e. The van der Waals surface area contributed by atoms with Gasteiger partial charge >= 0.3 is 5.97 Å². The first-order valence-electron chi connectivity index (χ1n) is 15.3. The smallest absolute Gasteiger partial charge is 0.310 e. The zero-order chi connectivity index (χ0) is 27.1. The Hall–Kier alpha value is -0.570. The fraction of sp³-hybridized carbons (Fsp3) is 0.969. The van der Waals surface area contributed by atoms with E-state index < -0.39 is 0 Å². The van der Waals surface area contributed by atoms with Gasteiger partial charge in [0, 0.05) is 0 Å². The molecule has 0 radical (unpaired) electrons. The average molecular weight is 496 g/mol. The Morgan fingerprint density at radius 3 is 1.46 bits per heavy atom. The Morgan fingerprint density at radius 2 is 1.14 bits per heavy atom. The van der Waals surface area contributed by atoms with Gasteiger partial charge in [0.15, 0.2) is 0 Å². The summed E-state index contributed by atoms with van der Waals surface area (Å²) < 4.78 is 5.79. The molecule has 0 spiro atoms. The molecule has 0 aliphatic rings. The van der Waals surface area contributed by atoms with Crippen LogP contribution in [0.15, 0.2) is 0 Å². The first-order chi connectivity index (χ1) is 16.5. The fourth-order valence-corrected chi connectivity index (χ4v) is 6.97. The molecule has 35 heavy (non-hydrogen) atoms. The molecule has 0 heterocycles. The molecule has 0 amide bonds. The molecule has 3 heteroatoms. The number of rotatable bonds is 21. The summed E-state index contributed by atoms with van der Waals surface area (Å²) in [7, 11) is 3.93. The number of nitrogens with zero attached hydrogens (tertiary/aromatic N) is 1. The first kappa shape index (κ1) is 34.4. The SMILES string of the molecule is CCCC(CC)CC(CC(CC)C(=O)OCN(C)C)(CC(CC)(CC)CC)CC(CC)(CC)CC. The normalized spacial score (nSPS) is 14.9. The third-order valence-corrected chi connectivity index (χ3v) is 9.97. The topological polar surface area (TPSA) is 29.5 Å². The predicted molar refractivity (Wildman–Crippen MR) is 155 cm³/mol. The molecule has 0 aromatic carbocycles. The Kier molecular flexibility index (Phi) is 16.8. The van der Waals surface area contributed by atoms with Crippen molar-refractivity contribution in [1.82, 2.24) is 4.90 Å². The molecule has 0 fully saturated rings. The maximum Gasteiger partial charge on any atom is 0.310 e. The lowest BCUT2D eigenvalue weighted by atomic mass is 9.55. The summed E-state index contributed by atoms with van der Waals surface area (Å²) in [5, 5.41) is 0. The molecule has 0 rings (SSSR count). The molecular formula is C32H65NO2. The minimum absolute atomic E-state index is 0.0132. The highest BCUT2D eigenvalue weighted by Crippen LogP contribution is 2.56. The van der Waals surface area contributed by atoms with Gasteiger partial charge in [0.1, 0.15) is 6.73 Å². The maximum atomic E-state index is 13.3. The Morgan fingerprint density at radius 1 is 0.686 bits per heavy atom. The zero-order valence-corrected chi connectivity index (χ0v) is 26.0. The Bertz CT molecular complexity index is 509. The van der Waals surface area contributed by atoms with Crippen molar-refractivity contribution in [2.75, 3.05) is 20.8 Å². The highest BCUT2D eigenvalue weighted by atomic mass is 16.5. The van der Waals surface area contributed by atoms with E-state index in [9.17, 15) is 4.79 Å². The molecule has 0 N–H and O–H groups in total. The van der Waals surface area contributed by atoms with Crippen molar-refractivity contribution in [3.8, 4) is 0 Å². The van der Waals surface area contributed by atoms with E-state index >= 15 is 0 Å². The van der Waals surface area contributed by atoms with Crippen molar-refractivity contribution in [3.63, 3.8) is 0 Å². The lowest BCUT2D eigenvalue weighted by Crippen LogP contribution is -2.40. The number of hydrogen-bond acceptors (Lipinski definition) is 3. The molecule has 2 atom stereocenters. The molecule has 0 aromatic heterocycles. The maximum absolute atomic E-state index is 13.3. The van der Waals surface area contributed by atoms with Crippen molar-refractivity contribution in [2.45, 2.75) is 152 Å². The molecule has 0 aliphatic heterocycles. The van der Waals surface area contributed by atoms with Crippen LogP contribution in [-0.4, -0.2) is 31.7 Å². The molecule has 0 saturated heterocycles. The van der Waals surface area contributed by atoms with Gasteiger partial charge in [-0.25, -0.2) is 0 Å². The van der Waals surface area contributed by atoms with E-state index in [1.54, 1.807) is 0 Å². The van der Waals surface area contributed by atoms with Crippen molar-refractivity contribution in [1.29, 1.82) is 0 Å². The minimum Gasteiger partial charge on any atom is -0.449 e. The highest BCUT2D eigenvalue weighted by Gasteiger charge is 2.46. The van der Waals surface area contributed by atoms with Gasteiger partial charge in [-0.1, -0.05) is 120 Å². The van der Waals surface area contributed by atoms with Gasteiger partial charge in [-0.2, -0.15) is 0 Å². The molecule has 0 aromatic rings. The molecule has 0 bridgehead atoms. The monoisotopic (exact) mass is 496 g/mol. The van der Waals surface area contributed by atoms with E-state index in [0.29, 0.717) is 17.6 Å². The number of carbonyl (C=O) groups is 1. The van der Waals surface area contributed by atoms with Gasteiger partial charge < -0.3 is 4.74 Å². The molecular weight excluding hydrogens is 430 g/mol. The summed E-state index contributed by atoms with van der Waals surface area (Å²) in [5.74, 6) is 0.738. The van der Waals surface area contributed by atoms with E-state index in [1.165, 1.54) is 77.0 Å². The van der Waals surface area contributed by atoms with E-state index in [2.05, 4.69) is 62.3 Å². The average Bonchev–Trinajstić information content (AvgIpc) is 2.87. The third kappa shape index (κ3) is 10.7. The van der Waals surface area contributed by atoms with Crippen molar-refractivity contribution >= 4 is 5.97 Å². The third-order valence-electron chi connectivity index (χ3n) is 9.97. The van der Waals surface area contributed by atoms with Crippen molar-refractivity contribution < 1.29 is 9.53 Å². The molecule has 3 nitrogen and oxygen atoms in total. The van der Waals surface area contributed by atoms with Crippen LogP contribution in [0, 0.1) is 28.1 Å². The predicted octanol–water partition coefficient (Wildman–Crippen LogP) is 9.88. The Labute approximate surface area is 221 Å². The quantitative estimate of drug-likeness (QED) is 0.117. The Balaban J connectivity index is 6.70. The lowest BCUT2D eigenvalue weighted by Gasteiger charge is -2.50. The van der Waals surface area contributed by atoms with Crippen molar-refractivity contribution in [3.05, 3.63) is 0 Å². The van der Waals surface area contributed by atoms with Crippen LogP contribution < -0.4 is 0 Å². The summed E-state index contributed by atoms with van der Waals surface area (Å²) in [5.41, 5.74) is 0.895. The second-order valence-electron chi connectivity index (χ2n) is 12.2. The van der Waals surface area contributed by atoms with Gasteiger partial charge in [-0.15, -0.1) is 0 Å². The second-order valence-corrected chi connectivity index (χ2v) is 12.2. The minimum atomic E-state index is -0.0133. The summed E-state index contributed by atoms with van der Waals surface area (Å²) in [6, 6.07) is 0. The van der Waals surface area contributed by atoms with Crippen LogP contribution in [0.5, 0.6) is 0 Å². The number of hydrogen-bond donors (Lipinski definition) is 0. The van der Waals surface area contributed by atoms with Crippen LogP contribution in [-0.2, 0) is 9.53 Å². The second kappa shape index (κ2) is 17.0. The van der Waals surface area contributed by atoms with Crippen LogP contribution in [0.1, 0.15) is 152 Å². The summed E-state index contributed by atoms with van der Waals surface area (Å²) in [6.07, 6.45) is 16.8. The summed E-state index contributed by atoms with van der Waals surface area (Å²) in [6.45, 7) is 21.7. The van der Waals surface area contributed by atoms with Crippen LogP contribution in [0.3, 0.4) is 0 Å². The van der Waals surface area contributed by atoms with Crippen LogP contribution in [0.4, 0.5) is 0 Å². The van der Waals surface area contributed by atoms with Gasteiger partial charge in [0.2, 0.25) is 0 Å². The van der Waals surface area contributed by atoms with Crippen LogP contribution in [0.25, 0.3) is 0 Å². The summed E-state index contributed by atoms with van der Waals surface area (Å²) in [4.78, 5) is 15.3. The van der Waals surface area contributed by atoms with E-state index in [4.69, 9.17) is 4.74 Å². The van der Waals surface area contributed by atoms with Gasteiger partial charge in [0.05, 0.1) is 5.92 Å². The molecule has 210 valence electrons. The van der Waals surface area contributed by atoms with E-state index in [0.717, 1.165) is 18.8 Å². The van der Waals surface area contributed by atoms with Crippen LogP contribution >= 0.6 is 0 Å². The molecule has 2 unspecified atom stereocenters. The number of esters is 1. The van der Waals surface area contributed by atoms with Gasteiger partial charge in [-0.3, -0.25) is 9.69 Å². The van der Waals surface area contributed by atoms with Gasteiger partial charge in [-0.05, 0) is 68.4 Å². The summed E-state index contributed by atoms with van der Waals surface area (Å²) >= 11 is 0. The number of carbonyl (C=O) groups excluding carboxylic acids is 1. The van der Waals surface area contributed by atoms with Crippen molar-refractivity contribution in [2.24, 2.45) is 28.1 Å². The first-order valence-corrected chi connectivity index (χ1v) is 15.3. The van der Waals surface area contributed by atoms with E-state index in [-0.39, 0.29) is 17.3 Å². The molecule has 0 saturated carbocycles.